The summed E-state index contributed by atoms with van der Waals surface area (Å²) in [5, 5.41) is 3.34. The summed E-state index contributed by atoms with van der Waals surface area (Å²) in [6, 6.07) is 7.16. The molecule has 1 heterocycles. The zero-order chi connectivity index (χ0) is 15.1. The molecular formula is C15H24N2O3S. The molecule has 1 aromatic carbocycles. The summed E-state index contributed by atoms with van der Waals surface area (Å²) in [7, 11) is -1.71. The number of nitrogens with one attached hydrogen (secondary N) is 2. The van der Waals surface area contributed by atoms with Crippen molar-refractivity contribution >= 4 is 10.0 Å². The van der Waals surface area contributed by atoms with Crippen LogP contribution in [0.2, 0.25) is 0 Å². The summed E-state index contributed by atoms with van der Waals surface area (Å²) in [6.45, 7) is 2.59. The minimum atomic E-state index is -3.29. The number of hydrogen-bond acceptors (Lipinski definition) is 4. The molecule has 1 aromatic rings. The number of piperidine rings is 1. The van der Waals surface area contributed by atoms with Gasteiger partial charge < -0.3 is 10.1 Å². The topological polar surface area (TPSA) is 67.4 Å². The summed E-state index contributed by atoms with van der Waals surface area (Å²) in [5.74, 6) is 1.25. The van der Waals surface area contributed by atoms with Crippen LogP contribution < -0.4 is 14.8 Å². The van der Waals surface area contributed by atoms with Crippen LogP contribution in [0.4, 0.5) is 0 Å². The van der Waals surface area contributed by atoms with Gasteiger partial charge in [-0.2, -0.15) is 0 Å². The number of rotatable bonds is 7. The van der Waals surface area contributed by atoms with Crippen LogP contribution in [0.3, 0.4) is 0 Å². The van der Waals surface area contributed by atoms with Crippen LogP contribution in [-0.2, 0) is 15.8 Å². The van der Waals surface area contributed by atoms with Gasteiger partial charge >= 0.3 is 0 Å². The first-order chi connectivity index (χ1) is 10.1. The molecule has 5 nitrogen and oxygen atoms in total. The second kappa shape index (κ2) is 7.77. The van der Waals surface area contributed by atoms with Gasteiger partial charge in [0.2, 0.25) is 10.0 Å². The minimum absolute atomic E-state index is 0.00683. The quantitative estimate of drug-likeness (QED) is 0.801. The lowest BCUT2D eigenvalue weighted by Crippen LogP contribution is -2.33. The third kappa shape index (κ3) is 5.65. The van der Waals surface area contributed by atoms with Gasteiger partial charge in [-0.15, -0.1) is 0 Å². The first-order valence-electron chi connectivity index (χ1n) is 7.40. The lowest BCUT2D eigenvalue weighted by molar-refractivity contribution is 0.358. The largest absolute Gasteiger partial charge is 0.497 e. The predicted molar refractivity (Wildman–Crippen MR) is 83.8 cm³/mol. The molecule has 0 amide bonds. The third-order valence-electron chi connectivity index (χ3n) is 3.76. The van der Waals surface area contributed by atoms with E-state index in [-0.39, 0.29) is 5.75 Å². The highest BCUT2D eigenvalue weighted by atomic mass is 32.2. The average Bonchev–Trinajstić information content (AvgIpc) is 2.48. The Labute approximate surface area is 127 Å². The maximum absolute atomic E-state index is 12.1. The third-order valence-corrected chi connectivity index (χ3v) is 5.12. The van der Waals surface area contributed by atoms with Gasteiger partial charge in [-0.05, 0) is 56.0 Å². The van der Waals surface area contributed by atoms with Crippen molar-refractivity contribution in [3.05, 3.63) is 29.8 Å². The Morgan fingerprint density at radius 2 is 2.29 bits per heavy atom. The van der Waals surface area contributed by atoms with Crippen LogP contribution in [0.15, 0.2) is 24.3 Å². The van der Waals surface area contributed by atoms with Crippen molar-refractivity contribution in [1.82, 2.24) is 10.0 Å². The van der Waals surface area contributed by atoms with Crippen molar-refractivity contribution in [2.75, 3.05) is 26.7 Å². The molecule has 0 aromatic heterocycles. The Hall–Kier alpha value is -1.11. The molecule has 0 bridgehead atoms. The summed E-state index contributed by atoms with van der Waals surface area (Å²) in [4.78, 5) is 0. The minimum Gasteiger partial charge on any atom is -0.497 e. The van der Waals surface area contributed by atoms with E-state index in [1.165, 1.54) is 12.8 Å². The lowest BCUT2D eigenvalue weighted by atomic mass is 9.96. The van der Waals surface area contributed by atoms with Crippen molar-refractivity contribution in [2.45, 2.75) is 25.0 Å². The second-order valence-corrected chi connectivity index (χ2v) is 7.31. The Kier molecular flexibility index (Phi) is 6.02. The van der Waals surface area contributed by atoms with Gasteiger partial charge in [0.05, 0.1) is 12.9 Å². The average molecular weight is 312 g/mol. The summed E-state index contributed by atoms with van der Waals surface area (Å²) >= 11 is 0. The van der Waals surface area contributed by atoms with E-state index in [0.717, 1.165) is 25.1 Å². The monoisotopic (exact) mass is 312 g/mol. The first kappa shape index (κ1) is 16.3. The van der Waals surface area contributed by atoms with Crippen LogP contribution in [0.25, 0.3) is 0 Å². The highest BCUT2D eigenvalue weighted by molar-refractivity contribution is 7.88. The maximum Gasteiger partial charge on any atom is 0.215 e. The molecule has 0 radical (unpaired) electrons. The first-order valence-corrected chi connectivity index (χ1v) is 9.05. The Balaban J connectivity index is 1.80. The van der Waals surface area contributed by atoms with Gasteiger partial charge in [0.15, 0.2) is 0 Å². The summed E-state index contributed by atoms with van der Waals surface area (Å²) in [6.07, 6.45) is 3.26. The Morgan fingerprint density at radius 3 is 3.00 bits per heavy atom. The Bertz CT molecular complexity index is 540. The highest BCUT2D eigenvalue weighted by Gasteiger charge is 2.15. The van der Waals surface area contributed by atoms with Crippen LogP contribution >= 0.6 is 0 Å². The standard InChI is InChI=1S/C15H24N2O3S/c1-20-15-6-2-4-14(10-15)12-21(18,19)17-9-7-13-5-3-8-16-11-13/h2,4,6,10,13,16-17H,3,5,7-9,11-12H2,1H3. The van der Waals surface area contributed by atoms with E-state index in [1.54, 1.807) is 31.4 Å². The molecule has 0 aliphatic carbocycles. The van der Waals surface area contributed by atoms with Gasteiger partial charge in [0.25, 0.3) is 0 Å². The van der Waals surface area contributed by atoms with E-state index in [4.69, 9.17) is 4.74 Å². The molecule has 0 spiro atoms. The molecule has 6 heteroatoms. The van der Waals surface area contributed by atoms with E-state index in [0.29, 0.717) is 18.2 Å². The fraction of sp³-hybridized carbons (Fsp3) is 0.600. The van der Waals surface area contributed by atoms with Crippen molar-refractivity contribution in [3.63, 3.8) is 0 Å². The van der Waals surface area contributed by atoms with Gasteiger partial charge in [0.1, 0.15) is 5.75 Å². The SMILES string of the molecule is COc1cccc(CS(=O)(=O)NCCC2CCCNC2)c1. The maximum atomic E-state index is 12.1. The van der Waals surface area contributed by atoms with Crippen LogP contribution in [0.1, 0.15) is 24.8 Å². The van der Waals surface area contributed by atoms with Gasteiger partial charge in [-0.3, -0.25) is 0 Å². The second-order valence-electron chi connectivity index (χ2n) is 5.51. The molecule has 2 N–H and O–H groups in total. The highest BCUT2D eigenvalue weighted by Crippen LogP contribution is 2.15. The zero-order valence-corrected chi connectivity index (χ0v) is 13.3. The fourth-order valence-corrected chi connectivity index (χ4v) is 3.77. The molecule has 1 aliphatic heterocycles. The molecular weight excluding hydrogens is 288 g/mol. The fourth-order valence-electron chi connectivity index (χ4n) is 2.62. The normalized spacial score (nSPS) is 19.4. The predicted octanol–water partition coefficient (Wildman–Crippen LogP) is 1.50. The zero-order valence-electron chi connectivity index (χ0n) is 12.5. The molecule has 0 saturated carbocycles. The molecule has 1 aliphatic rings. The van der Waals surface area contributed by atoms with E-state index in [9.17, 15) is 8.42 Å². The van der Waals surface area contributed by atoms with Gasteiger partial charge in [-0.1, -0.05) is 12.1 Å². The van der Waals surface area contributed by atoms with Crippen LogP contribution in [0.5, 0.6) is 5.75 Å². The molecule has 1 atom stereocenters. The molecule has 21 heavy (non-hydrogen) atoms. The van der Waals surface area contributed by atoms with Crippen LogP contribution in [-0.4, -0.2) is 35.2 Å². The Morgan fingerprint density at radius 1 is 1.43 bits per heavy atom. The number of methoxy groups -OCH3 is 1. The van der Waals surface area contributed by atoms with Crippen LogP contribution in [0, 0.1) is 5.92 Å². The summed E-state index contributed by atoms with van der Waals surface area (Å²) in [5.41, 5.74) is 0.737. The van der Waals surface area contributed by atoms with E-state index >= 15 is 0 Å². The van der Waals surface area contributed by atoms with Crippen molar-refractivity contribution < 1.29 is 13.2 Å². The smallest absolute Gasteiger partial charge is 0.215 e. The lowest BCUT2D eigenvalue weighted by Gasteiger charge is -2.22. The number of benzene rings is 1. The van der Waals surface area contributed by atoms with Crippen molar-refractivity contribution in [3.8, 4) is 5.75 Å². The van der Waals surface area contributed by atoms with Gasteiger partial charge in [-0.25, -0.2) is 13.1 Å². The molecule has 1 saturated heterocycles. The number of ether oxygens (including phenoxy) is 1. The number of hydrogen-bond donors (Lipinski definition) is 2. The molecule has 1 fully saturated rings. The van der Waals surface area contributed by atoms with Crippen molar-refractivity contribution in [2.24, 2.45) is 5.92 Å². The van der Waals surface area contributed by atoms with E-state index < -0.39 is 10.0 Å². The summed E-state index contributed by atoms with van der Waals surface area (Å²) < 4.78 is 32.0. The molecule has 2 rings (SSSR count). The molecule has 118 valence electrons. The van der Waals surface area contributed by atoms with E-state index in [1.807, 2.05) is 0 Å². The van der Waals surface area contributed by atoms with Crippen molar-refractivity contribution in [1.29, 1.82) is 0 Å². The van der Waals surface area contributed by atoms with Gasteiger partial charge in [0, 0.05) is 6.54 Å². The number of sulfonamides is 1. The van der Waals surface area contributed by atoms with E-state index in [2.05, 4.69) is 10.0 Å². The molecule has 1 unspecified atom stereocenters.